The molecule has 0 aliphatic carbocycles. The largest absolute Gasteiger partial charge is 0.478 e. The first kappa shape index (κ1) is 12.1. The van der Waals surface area contributed by atoms with Crippen LogP contribution in [0.5, 0.6) is 0 Å². The van der Waals surface area contributed by atoms with E-state index >= 15 is 0 Å². The molecule has 0 aliphatic rings. The molecule has 0 atom stereocenters. The molecule has 3 N–H and O–H groups in total. The van der Waals surface area contributed by atoms with Crippen LogP contribution in [0.1, 0.15) is 10.4 Å². The van der Waals surface area contributed by atoms with E-state index in [-0.39, 0.29) is 5.56 Å². The number of aromatic carboxylic acids is 1. The Kier molecular flexibility index (Phi) is 3.54. The minimum absolute atomic E-state index is 0.0170. The summed E-state index contributed by atoms with van der Waals surface area (Å²) < 4.78 is 0. The molecule has 7 heteroatoms. The minimum Gasteiger partial charge on any atom is -0.478 e. The maximum atomic E-state index is 11.6. The van der Waals surface area contributed by atoms with Gasteiger partial charge in [-0.1, -0.05) is 0 Å². The van der Waals surface area contributed by atoms with Crippen LogP contribution in [0.3, 0.4) is 0 Å². The van der Waals surface area contributed by atoms with Crippen LogP contribution in [0, 0.1) is 0 Å². The Balaban J connectivity index is 2.03. The molecular formula is C11H9N3O3S. The number of rotatable bonds is 3. The van der Waals surface area contributed by atoms with Crippen molar-refractivity contribution < 1.29 is 14.7 Å². The molecule has 0 fully saturated rings. The fraction of sp³-hybridized carbons (Fsp3) is 0. The molecule has 18 heavy (non-hydrogen) atoms. The van der Waals surface area contributed by atoms with Gasteiger partial charge in [-0.05, 0) is 17.5 Å². The fourth-order valence-electron chi connectivity index (χ4n) is 1.25. The predicted molar refractivity (Wildman–Crippen MR) is 68.2 cm³/mol. The molecule has 0 saturated heterocycles. The van der Waals surface area contributed by atoms with Crippen molar-refractivity contribution in [1.82, 2.24) is 4.98 Å². The van der Waals surface area contributed by atoms with Crippen molar-refractivity contribution in [2.24, 2.45) is 0 Å². The number of anilines is 2. The van der Waals surface area contributed by atoms with Gasteiger partial charge >= 0.3 is 12.0 Å². The van der Waals surface area contributed by atoms with E-state index in [0.717, 1.165) is 0 Å². The molecule has 92 valence electrons. The van der Waals surface area contributed by atoms with Crippen molar-refractivity contribution in [2.45, 2.75) is 0 Å². The normalized spacial score (nSPS) is 9.78. The average molecular weight is 263 g/mol. The Bertz CT molecular complexity index is 569. The molecule has 2 heterocycles. The van der Waals surface area contributed by atoms with Gasteiger partial charge in [-0.25, -0.2) is 9.59 Å². The van der Waals surface area contributed by atoms with Gasteiger partial charge in [0.05, 0.1) is 23.1 Å². The zero-order chi connectivity index (χ0) is 13.0. The topological polar surface area (TPSA) is 91.3 Å². The highest BCUT2D eigenvalue weighted by molar-refractivity contribution is 7.08. The number of carbonyl (C=O) groups is 2. The summed E-state index contributed by atoms with van der Waals surface area (Å²) in [6.07, 6.45) is 2.59. The van der Waals surface area contributed by atoms with Gasteiger partial charge in [-0.2, -0.15) is 11.3 Å². The van der Waals surface area contributed by atoms with Gasteiger partial charge in [0.2, 0.25) is 0 Å². The van der Waals surface area contributed by atoms with E-state index in [2.05, 4.69) is 15.6 Å². The number of hydrogen-bond donors (Lipinski definition) is 3. The monoisotopic (exact) mass is 263 g/mol. The van der Waals surface area contributed by atoms with Crippen LogP contribution >= 0.6 is 11.3 Å². The number of thiophene rings is 1. The second-order valence-corrected chi connectivity index (χ2v) is 4.14. The third-order valence-electron chi connectivity index (χ3n) is 2.02. The zero-order valence-corrected chi connectivity index (χ0v) is 9.90. The van der Waals surface area contributed by atoms with Gasteiger partial charge < -0.3 is 15.7 Å². The van der Waals surface area contributed by atoms with Gasteiger partial charge in [0.25, 0.3) is 0 Å². The molecule has 0 aromatic carbocycles. The van der Waals surface area contributed by atoms with Gasteiger partial charge in [0.1, 0.15) is 0 Å². The fourth-order valence-corrected chi connectivity index (χ4v) is 1.84. The molecule has 0 aliphatic heterocycles. The van der Waals surface area contributed by atoms with Crippen molar-refractivity contribution in [2.75, 3.05) is 10.6 Å². The van der Waals surface area contributed by atoms with Crippen molar-refractivity contribution in [3.63, 3.8) is 0 Å². The Hall–Kier alpha value is -2.41. The number of carboxylic acid groups (broad SMARTS) is 1. The lowest BCUT2D eigenvalue weighted by Gasteiger charge is -2.06. The van der Waals surface area contributed by atoms with Gasteiger partial charge in [-0.3, -0.25) is 4.98 Å². The van der Waals surface area contributed by atoms with Crippen LogP contribution in [-0.4, -0.2) is 22.1 Å². The van der Waals surface area contributed by atoms with Crippen molar-refractivity contribution in [1.29, 1.82) is 0 Å². The zero-order valence-electron chi connectivity index (χ0n) is 9.08. The quantitative estimate of drug-likeness (QED) is 0.793. The molecule has 0 radical (unpaired) electrons. The van der Waals surface area contributed by atoms with E-state index in [1.165, 1.54) is 29.8 Å². The maximum absolute atomic E-state index is 11.6. The lowest BCUT2D eigenvalue weighted by molar-refractivity contribution is 0.0696. The summed E-state index contributed by atoms with van der Waals surface area (Å²) in [4.78, 5) is 26.0. The summed E-state index contributed by atoms with van der Waals surface area (Å²) in [5.41, 5.74) is 1.02. The Morgan fingerprint density at radius 3 is 2.67 bits per heavy atom. The van der Waals surface area contributed by atoms with Crippen molar-refractivity contribution >= 4 is 34.7 Å². The molecule has 0 saturated carbocycles. The molecule has 0 bridgehead atoms. The number of pyridine rings is 1. The van der Waals surface area contributed by atoms with Crippen molar-refractivity contribution in [3.05, 3.63) is 40.8 Å². The molecule has 2 aromatic rings. The lowest BCUT2D eigenvalue weighted by Crippen LogP contribution is -2.19. The Morgan fingerprint density at radius 1 is 1.22 bits per heavy atom. The Labute approximate surface area is 106 Å². The smallest absolute Gasteiger partial charge is 0.337 e. The number of amides is 2. The van der Waals surface area contributed by atoms with E-state index in [4.69, 9.17) is 5.11 Å². The molecule has 2 rings (SSSR count). The third-order valence-corrected chi connectivity index (χ3v) is 2.71. The number of nitrogens with zero attached hydrogens (tertiary/aromatic N) is 1. The van der Waals surface area contributed by atoms with Crippen LogP contribution < -0.4 is 10.6 Å². The van der Waals surface area contributed by atoms with E-state index in [0.29, 0.717) is 11.4 Å². The summed E-state index contributed by atoms with van der Waals surface area (Å²) in [7, 11) is 0. The molecule has 6 nitrogen and oxygen atoms in total. The number of carbonyl (C=O) groups excluding carboxylic acids is 1. The first-order valence-electron chi connectivity index (χ1n) is 4.94. The van der Waals surface area contributed by atoms with Crippen LogP contribution in [0.4, 0.5) is 16.2 Å². The maximum Gasteiger partial charge on any atom is 0.337 e. The molecule has 2 amide bonds. The van der Waals surface area contributed by atoms with Gasteiger partial charge in [-0.15, -0.1) is 0 Å². The van der Waals surface area contributed by atoms with Gasteiger partial charge in [0.15, 0.2) is 0 Å². The molecular weight excluding hydrogens is 254 g/mol. The lowest BCUT2D eigenvalue weighted by atomic mass is 10.3. The van der Waals surface area contributed by atoms with Crippen LogP contribution in [0.15, 0.2) is 35.3 Å². The summed E-state index contributed by atoms with van der Waals surface area (Å²) in [6.45, 7) is 0. The number of hydrogen-bond acceptors (Lipinski definition) is 4. The second-order valence-electron chi connectivity index (χ2n) is 3.36. The number of aromatic nitrogens is 1. The molecule has 0 unspecified atom stereocenters. The first-order chi connectivity index (χ1) is 8.65. The van der Waals surface area contributed by atoms with Crippen molar-refractivity contribution in [3.8, 4) is 0 Å². The van der Waals surface area contributed by atoms with E-state index < -0.39 is 12.0 Å². The van der Waals surface area contributed by atoms with E-state index in [1.807, 2.05) is 5.38 Å². The summed E-state index contributed by atoms with van der Waals surface area (Å²) >= 11 is 1.46. The number of urea groups is 1. The van der Waals surface area contributed by atoms with Crippen LogP contribution in [0.25, 0.3) is 0 Å². The highest BCUT2D eigenvalue weighted by Crippen LogP contribution is 2.13. The average Bonchev–Trinajstić information content (AvgIpc) is 2.82. The van der Waals surface area contributed by atoms with E-state index in [9.17, 15) is 9.59 Å². The number of carboxylic acids is 1. The predicted octanol–water partition coefficient (Wildman–Crippen LogP) is 2.49. The molecule has 0 spiro atoms. The molecule has 2 aromatic heterocycles. The summed E-state index contributed by atoms with van der Waals surface area (Å²) in [5.74, 6) is -1.09. The SMILES string of the molecule is O=C(Nc1ccsc1)Nc1cncc(C(=O)O)c1. The summed E-state index contributed by atoms with van der Waals surface area (Å²) in [5, 5.41) is 17.5. The standard InChI is InChI=1S/C11H9N3O3S/c15-10(16)7-3-9(5-12-4-7)14-11(17)13-8-1-2-18-6-8/h1-6H,(H,15,16)(H2,13,14,17). The first-order valence-corrected chi connectivity index (χ1v) is 5.88. The van der Waals surface area contributed by atoms with Gasteiger partial charge in [0, 0.05) is 11.6 Å². The Morgan fingerprint density at radius 2 is 2.00 bits per heavy atom. The number of nitrogens with one attached hydrogen (secondary N) is 2. The third kappa shape index (κ3) is 3.05. The summed E-state index contributed by atoms with van der Waals surface area (Å²) in [6, 6.07) is 2.65. The minimum atomic E-state index is -1.09. The highest BCUT2D eigenvalue weighted by atomic mass is 32.1. The van der Waals surface area contributed by atoms with Crippen LogP contribution in [0.2, 0.25) is 0 Å². The van der Waals surface area contributed by atoms with E-state index in [1.54, 1.807) is 11.4 Å². The highest BCUT2D eigenvalue weighted by Gasteiger charge is 2.07. The second kappa shape index (κ2) is 5.28. The van der Waals surface area contributed by atoms with Crippen LogP contribution in [-0.2, 0) is 0 Å².